The van der Waals surface area contributed by atoms with E-state index in [4.69, 9.17) is 31.2 Å². The Kier molecular flexibility index (Phi) is 8.64. The van der Waals surface area contributed by atoms with Gasteiger partial charge in [-0.25, -0.2) is 4.68 Å². The van der Waals surface area contributed by atoms with Crippen molar-refractivity contribution in [2.75, 3.05) is 19.0 Å². The molecule has 0 saturated heterocycles. The van der Waals surface area contributed by atoms with Crippen LogP contribution in [0.15, 0.2) is 57.3 Å². The van der Waals surface area contributed by atoms with Crippen molar-refractivity contribution in [2.45, 2.75) is 50.6 Å². The van der Waals surface area contributed by atoms with Crippen molar-refractivity contribution in [2.24, 2.45) is 0 Å². The predicted octanol–water partition coefficient (Wildman–Crippen LogP) is 7.05. The molecule has 0 spiro atoms. The van der Waals surface area contributed by atoms with E-state index in [1.807, 2.05) is 43.3 Å². The van der Waals surface area contributed by atoms with Crippen molar-refractivity contribution >= 4 is 51.0 Å². The van der Waals surface area contributed by atoms with E-state index in [-0.39, 0.29) is 5.78 Å². The molecule has 7 nitrogen and oxygen atoms in total. The number of carbonyl (C=O) groups excluding carboxylic acids is 1. The van der Waals surface area contributed by atoms with Crippen LogP contribution in [0.1, 0.15) is 50.8 Å². The van der Waals surface area contributed by atoms with Crippen molar-refractivity contribution in [3.8, 4) is 11.5 Å². The van der Waals surface area contributed by atoms with Crippen LogP contribution in [0.2, 0.25) is 5.02 Å². The number of allylic oxidation sites excluding steroid dienone is 2. The van der Waals surface area contributed by atoms with Crippen LogP contribution in [0.25, 0.3) is 0 Å². The third-order valence-electron chi connectivity index (χ3n) is 5.84. The Balaban J connectivity index is 1.72. The Morgan fingerprint density at radius 1 is 1.31 bits per heavy atom. The Bertz CT molecular complexity index is 1310. The maximum absolute atomic E-state index is 12.8. The average Bonchev–Trinajstić information content (AvgIpc) is 3.25. The molecule has 0 saturated carbocycles. The van der Waals surface area contributed by atoms with Crippen molar-refractivity contribution in [3.63, 3.8) is 0 Å². The first-order chi connectivity index (χ1) is 17.3. The molecular formula is C26H28BrClN4O3S. The minimum absolute atomic E-state index is 0.0465. The van der Waals surface area contributed by atoms with Gasteiger partial charge >= 0.3 is 0 Å². The van der Waals surface area contributed by atoms with Gasteiger partial charge in [-0.3, -0.25) is 4.79 Å². The minimum Gasteiger partial charge on any atom is -0.493 e. The van der Waals surface area contributed by atoms with Crippen LogP contribution in [0.3, 0.4) is 0 Å². The molecule has 1 aliphatic heterocycles. The second-order valence-corrected chi connectivity index (χ2v) is 10.6. The van der Waals surface area contributed by atoms with Crippen molar-refractivity contribution in [3.05, 3.63) is 68.3 Å². The van der Waals surface area contributed by atoms with E-state index in [9.17, 15) is 4.79 Å². The van der Waals surface area contributed by atoms with Gasteiger partial charge in [0.25, 0.3) is 0 Å². The monoisotopic (exact) mass is 590 g/mol. The number of fused-ring (bicyclic) bond motifs is 1. The fourth-order valence-electron chi connectivity index (χ4n) is 4.07. The van der Waals surface area contributed by atoms with E-state index in [1.165, 1.54) is 11.8 Å². The fourth-order valence-corrected chi connectivity index (χ4v) is 5.76. The van der Waals surface area contributed by atoms with Crippen LogP contribution in [0, 0.1) is 0 Å². The number of anilines is 1. The van der Waals surface area contributed by atoms with Crippen LogP contribution in [0.5, 0.6) is 11.5 Å². The molecule has 0 bridgehead atoms. The molecule has 190 valence electrons. The third-order valence-corrected chi connectivity index (χ3v) is 7.68. The molecule has 1 N–H and O–H groups in total. The summed E-state index contributed by atoms with van der Waals surface area (Å²) in [6, 6.07) is 11.1. The number of unbranched alkanes of at least 4 members (excludes halogenated alkanes) is 1. The molecular weight excluding hydrogens is 564 g/mol. The smallest absolute Gasteiger partial charge is 0.227 e. The van der Waals surface area contributed by atoms with Crippen LogP contribution >= 0.6 is 39.3 Å². The van der Waals surface area contributed by atoms with Gasteiger partial charge < -0.3 is 14.8 Å². The minimum atomic E-state index is -0.476. The lowest BCUT2D eigenvalue weighted by Crippen LogP contribution is -2.28. The average molecular weight is 592 g/mol. The highest BCUT2D eigenvalue weighted by Crippen LogP contribution is 2.43. The summed E-state index contributed by atoms with van der Waals surface area (Å²) in [5, 5.41) is 9.33. The summed E-state index contributed by atoms with van der Waals surface area (Å²) in [5.74, 6) is 2.38. The SMILES string of the molecule is CCCCOc1c(Br)cc(C2C(C(C)=O)=C(C)Nc3nc(SCc4ccccc4Cl)nn32)cc1OC. The molecule has 0 amide bonds. The van der Waals surface area contributed by atoms with E-state index >= 15 is 0 Å². The number of halogens is 2. The standard InChI is InChI=1S/C26H28BrClN4O3S/c1-5-6-11-35-24-19(27)12-18(13-21(24)34-4)23-22(16(3)33)15(2)29-25-30-26(31-32(23)25)36-14-17-9-7-8-10-20(17)28/h7-10,12-13,23H,5-6,11,14H2,1-4H3,(H,29,30,31). The summed E-state index contributed by atoms with van der Waals surface area (Å²) in [5.41, 5.74) is 3.20. The van der Waals surface area contributed by atoms with Gasteiger partial charge in [-0.1, -0.05) is 54.9 Å². The number of carbonyl (C=O) groups is 1. The molecule has 36 heavy (non-hydrogen) atoms. The van der Waals surface area contributed by atoms with Crippen LogP contribution < -0.4 is 14.8 Å². The summed E-state index contributed by atoms with van der Waals surface area (Å²) in [4.78, 5) is 17.5. The number of rotatable bonds is 10. The molecule has 4 rings (SSSR count). The van der Waals surface area contributed by atoms with E-state index in [1.54, 1.807) is 18.7 Å². The second-order valence-electron chi connectivity index (χ2n) is 8.40. The summed E-state index contributed by atoms with van der Waals surface area (Å²) >= 11 is 11.5. The number of nitrogens with zero attached hydrogens (tertiary/aromatic N) is 3. The Labute approximate surface area is 228 Å². The normalized spacial score (nSPS) is 14.9. The van der Waals surface area contributed by atoms with Gasteiger partial charge in [-0.05, 0) is 65.5 Å². The lowest BCUT2D eigenvalue weighted by Gasteiger charge is -2.28. The first-order valence-electron chi connectivity index (χ1n) is 11.7. The van der Waals surface area contributed by atoms with Gasteiger partial charge in [0, 0.05) is 22.0 Å². The quantitative estimate of drug-likeness (QED) is 0.200. The lowest BCUT2D eigenvalue weighted by atomic mass is 9.93. The zero-order valence-corrected chi connectivity index (χ0v) is 23.8. The predicted molar refractivity (Wildman–Crippen MR) is 147 cm³/mol. The van der Waals surface area contributed by atoms with E-state index in [2.05, 4.69) is 28.2 Å². The number of ether oxygens (including phenoxy) is 2. The summed E-state index contributed by atoms with van der Waals surface area (Å²) in [6.07, 6.45) is 1.98. The Morgan fingerprint density at radius 3 is 2.78 bits per heavy atom. The highest BCUT2D eigenvalue weighted by Gasteiger charge is 2.34. The molecule has 1 unspecified atom stereocenters. The first-order valence-corrected chi connectivity index (χ1v) is 13.8. The Hall–Kier alpha value is -2.49. The maximum atomic E-state index is 12.8. The molecule has 2 aromatic carbocycles. The molecule has 2 heterocycles. The largest absolute Gasteiger partial charge is 0.493 e. The molecule has 1 atom stereocenters. The van der Waals surface area contributed by atoms with E-state index in [0.717, 1.165) is 34.1 Å². The van der Waals surface area contributed by atoms with E-state index < -0.39 is 6.04 Å². The highest BCUT2D eigenvalue weighted by molar-refractivity contribution is 9.10. The number of Topliss-reactive ketones (excluding diaryl/α,β-unsaturated/α-hetero) is 1. The lowest BCUT2D eigenvalue weighted by molar-refractivity contribution is -0.114. The van der Waals surface area contributed by atoms with Gasteiger partial charge in [-0.15, -0.1) is 5.10 Å². The van der Waals surface area contributed by atoms with Crippen molar-refractivity contribution in [1.82, 2.24) is 14.8 Å². The molecule has 1 aliphatic rings. The topological polar surface area (TPSA) is 78.3 Å². The number of thioether (sulfide) groups is 1. The summed E-state index contributed by atoms with van der Waals surface area (Å²) < 4.78 is 14.2. The van der Waals surface area contributed by atoms with Gasteiger partial charge in [0.15, 0.2) is 17.3 Å². The zero-order valence-electron chi connectivity index (χ0n) is 20.6. The van der Waals surface area contributed by atoms with E-state index in [0.29, 0.717) is 45.6 Å². The van der Waals surface area contributed by atoms with Gasteiger partial charge in [-0.2, -0.15) is 4.98 Å². The summed E-state index contributed by atoms with van der Waals surface area (Å²) in [7, 11) is 1.61. The number of aromatic nitrogens is 3. The number of ketones is 1. The number of nitrogens with one attached hydrogen (secondary N) is 1. The van der Waals surface area contributed by atoms with Gasteiger partial charge in [0.2, 0.25) is 11.1 Å². The molecule has 10 heteroatoms. The van der Waals surface area contributed by atoms with Crippen LogP contribution in [-0.2, 0) is 10.5 Å². The zero-order chi connectivity index (χ0) is 25.8. The van der Waals surface area contributed by atoms with Gasteiger partial charge in [0.1, 0.15) is 6.04 Å². The maximum Gasteiger partial charge on any atom is 0.227 e. The molecule has 0 radical (unpaired) electrons. The summed E-state index contributed by atoms with van der Waals surface area (Å²) in [6.45, 7) is 6.16. The van der Waals surface area contributed by atoms with Gasteiger partial charge in [0.05, 0.1) is 18.2 Å². The number of benzene rings is 2. The molecule has 1 aromatic heterocycles. The number of hydrogen-bond donors (Lipinski definition) is 1. The number of methoxy groups -OCH3 is 1. The second kappa shape index (κ2) is 11.7. The van der Waals surface area contributed by atoms with Crippen molar-refractivity contribution in [1.29, 1.82) is 0 Å². The van der Waals surface area contributed by atoms with Crippen LogP contribution in [-0.4, -0.2) is 34.3 Å². The van der Waals surface area contributed by atoms with Crippen molar-refractivity contribution < 1.29 is 14.3 Å². The fraction of sp³-hybridized carbons (Fsp3) is 0.346. The highest BCUT2D eigenvalue weighted by atomic mass is 79.9. The van der Waals surface area contributed by atoms with Crippen LogP contribution in [0.4, 0.5) is 5.95 Å². The third kappa shape index (κ3) is 5.58. The Morgan fingerprint density at radius 2 is 2.08 bits per heavy atom. The number of hydrogen-bond acceptors (Lipinski definition) is 7. The molecule has 3 aromatic rings. The molecule has 0 fully saturated rings. The molecule has 0 aliphatic carbocycles. The first kappa shape index (κ1) is 26.6.